The Bertz CT molecular complexity index is 732. The van der Waals surface area contributed by atoms with Crippen LogP contribution in [-0.2, 0) is 5.75 Å². The van der Waals surface area contributed by atoms with Crippen LogP contribution in [0.1, 0.15) is 16.8 Å². The average Bonchev–Trinajstić information content (AvgIpc) is 2.87. The molecular weight excluding hydrogens is 286 g/mol. The average molecular weight is 301 g/mol. The molecule has 0 aliphatic heterocycles. The standard InChI is InChI=1S/C15H15N3S2/c1-9-7-17-12(10(2)14(9)16)8-19-15-18-11-5-3-4-6-13(11)20-15/h3-7H,8H2,1-2H3,(H2,16,17). The van der Waals surface area contributed by atoms with Crippen LogP contribution < -0.4 is 5.73 Å². The van der Waals surface area contributed by atoms with E-state index in [9.17, 15) is 0 Å². The predicted octanol–water partition coefficient (Wildman–Crippen LogP) is 4.18. The van der Waals surface area contributed by atoms with E-state index in [2.05, 4.69) is 16.0 Å². The molecule has 0 saturated carbocycles. The first kappa shape index (κ1) is 13.4. The zero-order valence-electron chi connectivity index (χ0n) is 11.4. The van der Waals surface area contributed by atoms with Crippen molar-refractivity contribution in [1.29, 1.82) is 0 Å². The molecule has 5 heteroatoms. The predicted molar refractivity (Wildman–Crippen MR) is 87.3 cm³/mol. The van der Waals surface area contributed by atoms with Crippen molar-refractivity contribution in [2.75, 3.05) is 5.73 Å². The van der Waals surface area contributed by atoms with Gasteiger partial charge in [-0.3, -0.25) is 4.98 Å². The van der Waals surface area contributed by atoms with Crippen LogP contribution in [-0.4, -0.2) is 9.97 Å². The van der Waals surface area contributed by atoms with Gasteiger partial charge >= 0.3 is 0 Å². The summed E-state index contributed by atoms with van der Waals surface area (Å²) < 4.78 is 2.30. The summed E-state index contributed by atoms with van der Waals surface area (Å²) in [6.07, 6.45) is 1.84. The minimum atomic E-state index is 0.802. The van der Waals surface area contributed by atoms with E-state index in [1.807, 2.05) is 38.2 Å². The third-order valence-electron chi connectivity index (χ3n) is 3.28. The summed E-state index contributed by atoms with van der Waals surface area (Å²) in [4.78, 5) is 9.10. The zero-order chi connectivity index (χ0) is 14.1. The Kier molecular flexibility index (Phi) is 3.63. The van der Waals surface area contributed by atoms with E-state index in [4.69, 9.17) is 5.73 Å². The quantitative estimate of drug-likeness (QED) is 0.737. The number of hydrogen-bond acceptors (Lipinski definition) is 5. The molecule has 3 nitrogen and oxygen atoms in total. The second-order valence-electron chi connectivity index (χ2n) is 4.66. The van der Waals surface area contributed by atoms with Gasteiger partial charge in [0, 0.05) is 17.6 Å². The molecule has 0 aliphatic carbocycles. The molecule has 0 atom stereocenters. The van der Waals surface area contributed by atoms with Crippen LogP contribution >= 0.6 is 23.1 Å². The molecule has 0 spiro atoms. The van der Waals surface area contributed by atoms with Crippen LogP contribution in [0.3, 0.4) is 0 Å². The minimum absolute atomic E-state index is 0.802. The lowest BCUT2D eigenvalue weighted by molar-refractivity contribution is 1.11. The normalized spacial score (nSPS) is 11.1. The van der Waals surface area contributed by atoms with Crippen molar-refractivity contribution >= 4 is 39.0 Å². The van der Waals surface area contributed by atoms with Crippen molar-refractivity contribution in [3.63, 3.8) is 0 Å². The maximum atomic E-state index is 6.05. The number of thiazole rings is 1. The number of thioether (sulfide) groups is 1. The first-order valence-electron chi connectivity index (χ1n) is 6.34. The van der Waals surface area contributed by atoms with E-state index < -0.39 is 0 Å². The van der Waals surface area contributed by atoms with Crippen molar-refractivity contribution < 1.29 is 0 Å². The Morgan fingerprint density at radius 1 is 1.25 bits per heavy atom. The number of para-hydroxylation sites is 1. The van der Waals surface area contributed by atoms with Gasteiger partial charge < -0.3 is 5.73 Å². The molecule has 0 unspecified atom stereocenters. The Morgan fingerprint density at radius 2 is 2.05 bits per heavy atom. The molecule has 102 valence electrons. The fourth-order valence-corrected chi connectivity index (χ4v) is 4.07. The number of anilines is 1. The number of aromatic nitrogens is 2. The van der Waals surface area contributed by atoms with Crippen LogP contribution in [0.15, 0.2) is 34.8 Å². The first-order chi connectivity index (χ1) is 9.65. The Labute approximate surface area is 126 Å². The molecule has 0 aliphatic rings. The third-order valence-corrected chi connectivity index (χ3v) is 5.47. The number of benzene rings is 1. The molecule has 0 amide bonds. The SMILES string of the molecule is Cc1cnc(CSc2nc3ccccc3s2)c(C)c1N. The van der Waals surface area contributed by atoms with Crippen molar-refractivity contribution in [3.05, 3.63) is 47.3 Å². The highest BCUT2D eigenvalue weighted by atomic mass is 32.2. The summed E-state index contributed by atoms with van der Waals surface area (Å²) in [5.41, 5.74) is 11.1. The molecule has 2 heterocycles. The monoisotopic (exact) mass is 301 g/mol. The first-order valence-corrected chi connectivity index (χ1v) is 8.14. The van der Waals surface area contributed by atoms with Gasteiger partial charge in [-0.2, -0.15) is 0 Å². The van der Waals surface area contributed by atoms with E-state index in [0.29, 0.717) is 0 Å². The van der Waals surface area contributed by atoms with E-state index in [-0.39, 0.29) is 0 Å². The number of rotatable bonds is 3. The van der Waals surface area contributed by atoms with Gasteiger partial charge in [-0.25, -0.2) is 4.98 Å². The highest BCUT2D eigenvalue weighted by Gasteiger charge is 2.09. The number of nitrogens with two attached hydrogens (primary N) is 1. The van der Waals surface area contributed by atoms with Crippen molar-refractivity contribution in [1.82, 2.24) is 9.97 Å². The largest absolute Gasteiger partial charge is 0.398 e. The summed E-state index contributed by atoms with van der Waals surface area (Å²) >= 11 is 3.44. The lowest BCUT2D eigenvalue weighted by atomic mass is 10.1. The molecule has 2 aromatic heterocycles. The number of aryl methyl sites for hydroxylation is 1. The Balaban J connectivity index is 1.81. The third kappa shape index (κ3) is 2.51. The van der Waals surface area contributed by atoms with Crippen LogP contribution in [0.5, 0.6) is 0 Å². The molecule has 0 fully saturated rings. The van der Waals surface area contributed by atoms with Crippen molar-refractivity contribution in [2.24, 2.45) is 0 Å². The molecular formula is C15H15N3S2. The fraction of sp³-hybridized carbons (Fsp3) is 0.200. The summed E-state index contributed by atoms with van der Waals surface area (Å²) in [6.45, 7) is 4.02. The molecule has 0 bridgehead atoms. The lowest BCUT2D eigenvalue weighted by Gasteiger charge is -2.08. The molecule has 3 rings (SSSR count). The van der Waals surface area contributed by atoms with Gasteiger partial charge in [-0.1, -0.05) is 23.9 Å². The van der Waals surface area contributed by atoms with Crippen LogP contribution in [0.25, 0.3) is 10.2 Å². The number of nitrogens with zero attached hydrogens (tertiary/aromatic N) is 2. The molecule has 3 aromatic rings. The van der Waals surface area contributed by atoms with E-state index in [0.717, 1.165) is 38.1 Å². The second kappa shape index (κ2) is 5.42. The zero-order valence-corrected chi connectivity index (χ0v) is 13.0. The fourth-order valence-electron chi connectivity index (χ4n) is 1.98. The second-order valence-corrected chi connectivity index (χ2v) is 6.92. The van der Waals surface area contributed by atoms with Gasteiger partial charge in [0.1, 0.15) is 0 Å². The number of nitrogen functional groups attached to an aromatic ring is 1. The van der Waals surface area contributed by atoms with Gasteiger partial charge in [0.05, 0.1) is 15.9 Å². The van der Waals surface area contributed by atoms with Crippen molar-refractivity contribution in [3.8, 4) is 0 Å². The highest BCUT2D eigenvalue weighted by Crippen LogP contribution is 2.32. The number of fused-ring (bicyclic) bond motifs is 1. The number of pyridine rings is 1. The molecule has 0 saturated heterocycles. The summed E-state index contributed by atoms with van der Waals surface area (Å²) in [7, 11) is 0. The molecule has 1 aromatic carbocycles. The van der Waals surface area contributed by atoms with E-state index in [1.54, 1.807) is 23.1 Å². The van der Waals surface area contributed by atoms with E-state index in [1.165, 1.54) is 4.70 Å². The van der Waals surface area contributed by atoms with Gasteiger partial charge in [0.15, 0.2) is 4.34 Å². The van der Waals surface area contributed by atoms with Gasteiger partial charge in [-0.15, -0.1) is 11.3 Å². The summed E-state index contributed by atoms with van der Waals surface area (Å²) in [5, 5.41) is 0. The van der Waals surface area contributed by atoms with Gasteiger partial charge in [0.2, 0.25) is 0 Å². The van der Waals surface area contributed by atoms with Crippen LogP contribution in [0, 0.1) is 13.8 Å². The van der Waals surface area contributed by atoms with Gasteiger partial charge in [-0.05, 0) is 37.1 Å². The lowest BCUT2D eigenvalue weighted by Crippen LogP contribution is -2.00. The molecule has 20 heavy (non-hydrogen) atoms. The van der Waals surface area contributed by atoms with Crippen LogP contribution in [0.2, 0.25) is 0 Å². The molecule has 2 N–H and O–H groups in total. The Hall–Kier alpha value is -1.59. The van der Waals surface area contributed by atoms with Gasteiger partial charge in [0.25, 0.3) is 0 Å². The summed E-state index contributed by atoms with van der Waals surface area (Å²) in [6, 6.07) is 8.21. The summed E-state index contributed by atoms with van der Waals surface area (Å²) in [5.74, 6) is 0.802. The highest BCUT2D eigenvalue weighted by molar-refractivity contribution is 8.00. The Morgan fingerprint density at radius 3 is 2.85 bits per heavy atom. The maximum Gasteiger partial charge on any atom is 0.151 e. The maximum absolute atomic E-state index is 6.05. The molecule has 0 radical (unpaired) electrons. The van der Waals surface area contributed by atoms with Crippen LogP contribution in [0.4, 0.5) is 5.69 Å². The topological polar surface area (TPSA) is 51.8 Å². The smallest absolute Gasteiger partial charge is 0.151 e. The number of hydrogen-bond donors (Lipinski definition) is 1. The van der Waals surface area contributed by atoms with Crippen molar-refractivity contribution in [2.45, 2.75) is 23.9 Å². The minimum Gasteiger partial charge on any atom is -0.398 e. The van der Waals surface area contributed by atoms with E-state index >= 15 is 0 Å².